The van der Waals surface area contributed by atoms with Crippen molar-refractivity contribution in [1.82, 2.24) is 35.1 Å². The quantitative estimate of drug-likeness (QED) is 0.497. The minimum absolute atomic E-state index is 0.0283. The summed E-state index contributed by atoms with van der Waals surface area (Å²) in [6.07, 6.45) is 3.93. The highest BCUT2D eigenvalue weighted by Crippen LogP contribution is 2.40. The van der Waals surface area contributed by atoms with E-state index in [0.29, 0.717) is 22.9 Å². The van der Waals surface area contributed by atoms with Crippen LogP contribution in [0.15, 0.2) is 24.4 Å². The summed E-state index contributed by atoms with van der Waals surface area (Å²) in [6.45, 7) is 9.25. The summed E-state index contributed by atoms with van der Waals surface area (Å²) < 4.78 is 22.5. The first kappa shape index (κ1) is 23.0. The molecule has 12 heteroatoms. The minimum Gasteiger partial charge on any atom is -0.478 e. The number of anilines is 3. The summed E-state index contributed by atoms with van der Waals surface area (Å²) in [7, 11) is 0. The molecular formula is C24H31FN10O. The van der Waals surface area contributed by atoms with Crippen molar-refractivity contribution in [3.63, 3.8) is 0 Å². The lowest BCUT2D eigenvalue weighted by Gasteiger charge is -2.47. The first-order valence-corrected chi connectivity index (χ1v) is 12.3. The molecule has 3 unspecified atom stereocenters. The van der Waals surface area contributed by atoms with Crippen LogP contribution in [0.25, 0.3) is 5.69 Å². The highest BCUT2D eigenvalue weighted by atomic mass is 19.1. The number of fused-ring (bicyclic) bond motifs is 4. The molecule has 3 aromatic rings. The number of nitrogens with one attached hydrogen (secondary N) is 2. The minimum atomic E-state index is -0.653. The van der Waals surface area contributed by atoms with Crippen LogP contribution in [0.4, 0.5) is 21.8 Å². The van der Waals surface area contributed by atoms with Crippen molar-refractivity contribution < 1.29 is 9.13 Å². The van der Waals surface area contributed by atoms with Gasteiger partial charge in [0.1, 0.15) is 11.4 Å². The fraction of sp³-hybridized carbons (Fsp3) is 0.542. The molecule has 0 amide bonds. The van der Waals surface area contributed by atoms with Crippen molar-refractivity contribution in [3.8, 4) is 11.4 Å². The van der Waals surface area contributed by atoms with Crippen molar-refractivity contribution >= 4 is 17.5 Å². The van der Waals surface area contributed by atoms with Crippen LogP contribution in [0.2, 0.25) is 0 Å². The molecule has 4 N–H and O–H groups in total. The SMILES string of the molecule is CC1(C)Oc2ccc(Nc3ncc(F)c(NC4CCN5C4CC(N)CC5(C)C)n3)cc2-n2nnnc21. The van der Waals surface area contributed by atoms with Crippen LogP contribution < -0.4 is 21.1 Å². The molecule has 2 saturated heterocycles. The predicted molar refractivity (Wildman–Crippen MR) is 132 cm³/mol. The van der Waals surface area contributed by atoms with Gasteiger partial charge in [0.15, 0.2) is 23.1 Å². The monoisotopic (exact) mass is 494 g/mol. The molecule has 5 heterocycles. The number of nitrogens with two attached hydrogens (primary N) is 1. The highest BCUT2D eigenvalue weighted by Gasteiger charge is 2.46. The van der Waals surface area contributed by atoms with Crippen LogP contribution in [-0.2, 0) is 5.60 Å². The van der Waals surface area contributed by atoms with E-state index >= 15 is 0 Å². The zero-order valence-corrected chi connectivity index (χ0v) is 20.9. The number of piperidine rings is 1. The maximum Gasteiger partial charge on any atom is 0.229 e. The Hall–Kier alpha value is -3.38. The Balaban J connectivity index is 1.23. The number of hydrogen-bond donors (Lipinski definition) is 3. The normalized spacial score (nSPS) is 25.9. The van der Waals surface area contributed by atoms with Gasteiger partial charge in [0.05, 0.1) is 6.20 Å². The Morgan fingerprint density at radius 1 is 1.22 bits per heavy atom. The van der Waals surface area contributed by atoms with Crippen molar-refractivity contribution in [2.45, 2.75) is 76.2 Å². The Kier molecular flexibility index (Phi) is 5.16. The predicted octanol–water partition coefficient (Wildman–Crippen LogP) is 2.72. The average Bonchev–Trinajstić information content (AvgIpc) is 3.45. The second-order valence-corrected chi connectivity index (χ2v) is 11.0. The van der Waals surface area contributed by atoms with Gasteiger partial charge in [-0.05, 0) is 75.6 Å². The molecular weight excluding hydrogens is 463 g/mol. The van der Waals surface area contributed by atoms with Gasteiger partial charge in [0.25, 0.3) is 0 Å². The van der Waals surface area contributed by atoms with Crippen molar-refractivity contribution in [2.75, 3.05) is 17.2 Å². The van der Waals surface area contributed by atoms with E-state index in [1.165, 1.54) is 6.20 Å². The number of aromatic nitrogens is 6. The molecule has 2 fully saturated rings. The van der Waals surface area contributed by atoms with Gasteiger partial charge in [0, 0.05) is 35.9 Å². The van der Waals surface area contributed by atoms with Gasteiger partial charge in [-0.15, -0.1) is 5.10 Å². The van der Waals surface area contributed by atoms with E-state index in [9.17, 15) is 4.39 Å². The second-order valence-electron chi connectivity index (χ2n) is 11.0. The van der Waals surface area contributed by atoms with E-state index in [2.05, 4.69) is 54.9 Å². The fourth-order valence-electron chi connectivity index (χ4n) is 5.94. The summed E-state index contributed by atoms with van der Waals surface area (Å²) in [4.78, 5) is 11.1. The number of halogens is 1. The summed E-state index contributed by atoms with van der Waals surface area (Å²) >= 11 is 0. The van der Waals surface area contributed by atoms with Crippen LogP contribution in [-0.4, -0.2) is 65.3 Å². The fourth-order valence-corrected chi connectivity index (χ4v) is 5.94. The maximum atomic E-state index is 14.7. The first-order valence-electron chi connectivity index (χ1n) is 12.3. The Morgan fingerprint density at radius 3 is 2.89 bits per heavy atom. The van der Waals surface area contributed by atoms with E-state index in [4.69, 9.17) is 10.5 Å². The Labute approximate surface area is 208 Å². The number of hydrogen-bond acceptors (Lipinski definition) is 10. The smallest absolute Gasteiger partial charge is 0.229 e. The van der Waals surface area contributed by atoms with Gasteiger partial charge >= 0.3 is 0 Å². The molecule has 1 aromatic carbocycles. The van der Waals surface area contributed by atoms with E-state index in [1.807, 2.05) is 32.0 Å². The number of rotatable bonds is 4. The summed E-state index contributed by atoms with van der Waals surface area (Å²) in [5, 5.41) is 18.5. The van der Waals surface area contributed by atoms with Gasteiger partial charge in [-0.3, -0.25) is 4.90 Å². The summed E-state index contributed by atoms with van der Waals surface area (Å²) in [5.41, 5.74) is 7.13. The van der Waals surface area contributed by atoms with E-state index in [1.54, 1.807) is 4.68 Å². The van der Waals surface area contributed by atoms with Crippen molar-refractivity contribution in [3.05, 3.63) is 36.0 Å². The molecule has 3 atom stereocenters. The third-order valence-corrected chi connectivity index (χ3v) is 7.51. The molecule has 0 spiro atoms. The molecule has 36 heavy (non-hydrogen) atoms. The third kappa shape index (κ3) is 3.84. The van der Waals surface area contributed by atoms with Crippen LogP contribution in [0.1, 0.15) is 52.8 Å². The van der Waals surface area contributed by atoms with E-state index < -0.39 is 11.4 Å². The summed E-state index contributed by atoms with van der Waals surface area (Å²) in [5.74, 6) is 1.24. The molecule has 190 valence electrons. The van der Waals surface area contributed by atoms with Crippen molar-refractivity contribution in [1.29, 1.82) is 0 Å². The molecule has 3 aliphatic rings. The number of nitrogens with zero attached hydrogens (tertiary/aromatic N) is 7. The molecule has 0 saturated carbocycles. The lowest BCUT2D eigenvalue weighted by molar-refractivity contribution is 0.0437. The van der Waals surface area contributed by atoms with Crippen LogP contribution in [0, 0.1) is 5.82 Å². The molecule has 0 bridgehead atoms. The lowest BCUT2D eigenvalue weighted by Crippen LogP contribution is -2.58. The lowest BCUT2D eigenvalue weighted by atomic mass is 9.83. The standard InChI is InChI=1S/C24H31FN10O/c1-23(2)11-13(26)9-17-16(7-8-34(17)23)29-20-15(25)12-27-22(30-20)28-14-5-6-19-18(10-14)35-21(31-32-33-35)24(3,4)36-19/h5-6,10,12-13,16-17H,7-9,11,26H2,1-4H3,(H2,27,28,29,30). The van der Waals surface area contributed by atoms with Gasteiger partial charge < -0.3 is 21.1 Å². The van der Waals surface area contributed by atoms with Crippen LogP contribution >= 0.6 is 0 Å². The largest absolute Gasteiger partial charge is 0.478 e. The van der Waals surface area contributed by atoms with Gasteiger partial charge in [-0.2, -0.15) is 9.67 Å². The average molecular weight is 495 g/mol. The topological polar surface area (TPSA) is 132 Å². The highest BCUT2D eigenvalue weighted by molar-refractivity contribution is 5.63. The molecule has 2 aromatic heterocycles. The number of benzene rings is 1. The molecule has 6 rings (SSSR count). The van der Waals surface area contributed by atoms with Crippen LogP contribution in [0.3, 0.4) is 0 Å². The molecule has 0 aliphatic carbocycles. The van der Waals surface area contributed by atoms with Crippen molar-refractivity contribution in [2.24, 2.45) is 5.73 Å². The number of tetrazole rings is 1. The molecule has 3 aliphatic heterocycles. The zero-order valence-electron chi connectivity index (χ0n) is 20.9. The van der Waals surface area contributed by atoms with Gasteiger partial charge in [-0.1, -0.05) is 0 Å². The molecule has 0 radical (unpaired) electrons. The van der Waals surface area contributed by atoms with Crippen LogP contribution in [0.5, 0.6) is 5.75 Å². The van der Waals surface area contributed by atoms with Gasteiger partial charge in [-0.25, -0.2) is 9.37 Å². The van der Waals surface area contributed by atoms with E-state index in [0.717, 1.165) is 25.8 Å². The third-order valence-electron chi connectivity index (χ3n) is 7.51. The molecule has 11 nitrogen and oxygen atoms in total. The second kappa shape index (κ2) is 8.07. The van der Waals surface area contributed by atoms with E-state index in [-0.39, 0.29) is 35.4 Å². The Morgan fingerprint density at radius 2 is 2.06 bits per heavy atom. The number of ether oxygens (including phenoxy) is 1. The Bertz CT molecular complexity index is 1310. The van der Waals surface area contributed by atoms with Gasteiger partial charge in [0.2, 0.25) is 5.95 Å². The zero-order chi connectivity index (χ0) is 25.2. The maximum absolute atomic E-state index is 14.7. The first-order chi connectivity index (χ1) is 17.1. The summed E-state index contributed by atoms with van der Waals surface area (Å²) in [6, 6.07) is 5.98.